The summed E-state index contributed by atoms with van der Waals surface area (Å²) in [5.74, 6) is 0. The summed E-state index contributed by atoms with van der Waals surface area (Å²) in [4.78, 5) is 0. The van der Waals surface area contributed by atoms with Gasteiger partial charge in [-0.25, -0.2) is 0 Å². The molecule has 16 heavy (non-hydrogen) atoms. The number of aliphatic hydroxyl groups is 1. The lowest BCUT2D eigenvalue weighted by molar-refractivity contribution is 0.0165. The van der Waals surface area contributed by atoms with Crippen LogP contribution in [0.1, 0.15) is 51.5 Å². The van der Waals surface area contributed by atoms with Crippen molar-refractivity contribution in [1.82, 2.24) is 0 Å². The van der Waals surface area contributed by atoms with Gasteiger partial charge in [0, 0.05) is 0 Å². The second kappa shape index (κ2) is 6.70. The van der Waals surface area contributed by atoms with Crippen molar-refractivity contribution >= 4 is 0 Å². The van der Waals surface area contributed by atoms with E-state index in [0.29, 0.717) is 0 Å². The molecule has 90 valence electrons. The van der Waals surface area contributed by atoms with Crippen LogP contribution in [-0.2, 0) is 6.42 Å². The van der Waals surface area contributed by atoms with Crippen LogP contribution in [0.4, 0.5) is 0 Å². The summed E-state index contributed by atoms with van der Waals surface area (Å²) in [7, 11) is 0. The van der Waals surface area contributed by atoms with Crippen molar-refractivity contribution in [2.24, 2.45) is 0 Å². The average Bonchev–Trinajstić information content (AvgIpc) is 2.31. The first-order valence-electron chi connectivity index (χ1n) is 6.46. The van der Waals surface area contributed by atoms with Crippen LogP contribution in [0.25, 0.3) is 0 Å². The summed E-state index contributed by atoms with van der Waals surface area (Å²) in [6.07, 6.45) is 5.94. The van der Waals surface area contributed by atoms with Gasteiger partial charge >= 0.3 is 0 Å². The predicted molar refractivity (Wildman–Crippen MR) is 69.5 cm³/mol. The molecule has 0 saturated heterocycles. The number of hydrogen-bond donors (Lipinski definition) is 1. The van der Waals surface area contributed by atoms with Gasteiger partial charge in [-0.3, -0.25) is 0 Å². The molecule has 1 unspecified atom stereocenters. The van der Waals surface area contributed by atoms with E-state index in [0.717, 1.165) is 38.5 Å². The van der Waals surface area contributed by atoms with Gasteiger partial charge < -0.3 is 5.11 Å². The van der Waals surface area contributed by atoms with E-state index in [2.05, 4.69) is 38.1 Å². The van der Waals surface area contributed by atoms with Crippen molar-refractivity contribution < 1.29 is 5.11 Å². The van der Waals surface area contributed by atoms with Gasteiger partial charge in [0.1, 0.15) is 0 Å². The third kappa shape index (κ3) is 4.36. The van der Waals surface area contributed by atoms with Gasteiger partial charge in [0.2, 0.25) is 0 Å². The van der Waals surface area contributed by atoms with Crippen LogP contribution < -0.4 is 0 Å². The smallest absolute Gasteiger partial charge is 0.0645 e. The molecule has 0 aliphatic carbocycles. The second-order valence-electron chi connectivity index (χ2n) is 4.67. The summed E-state index contributed by atoms with van der Waals surface area (Å²) in [5.41, 5.74) is 0.946. The summed E-state index contributed by atoms with van der Waals surface area (Å²) in [6, 6.07) is 10.5. The molecule has 1 heteroatoms. The van der Waals surface area contributed by atoms with Gasteiger partial charge in [-0.2, -0.15) is 0 Å². The molecule has 1 rings (SSSR count). The van der Waals surface area contributed by atoms with Crippen molar-refractivity contribution in [2.45, 2.75) is 58.0 Å². The van der Waals surface area contributed by atoms with E-state index >= 15 is 0 Å². The fourth-order valence-corrected chi connectivity index (χ4v) is 2.21. The van der Waals surface area contributed by atoms with E-state index in [-0.39, 0.29) is 0 Å². The molecule has 1 aromatic rings. The lowest BCUT2D eigenvalue weighted by Gasteiger charge is -2.26. The molecule has 0 spiro atoms. The fraction of sp³-hybridized carbons (Fsp3) is 0.600. The van der Waals surface area contributed by atoms with E-state index in [1.54, 1.807) is 0 Å². The zero-order chi connectivity index (χ0) is 11.9. The van der Waals surface area contributed by atoms with E-state index in [9.17, 15) is 5.11 Å². The largest absolute Gasteiger partial charge is 0.390 e. The lowest BCUT2D eigenvalue weighted by Crippen LogP contribution is -2.27. The molecule has 1 nitrogen and oxygen atoms in total. The highest BCUT2D eigenvalue weighted by atomic mass is 16.3. The Balaban J connectivity index is 2.34. The van der Waals surface area contributed by atoms with Crippen LogP contribution in [0.5, 0.6) is 0 Å². The highest BCUT2D eigenvalue weighted by Gasteiger charge is 2.22. The average molecular weight is 220 g/mol. The molecule has 0 aliphatic heterocycles. The van der Waals surface area contributed by atoms with Crippen LogP contribution >= 0.6 is 0 Å². The minimum atomic E-state index is -0.427. The Morgan fingerprint density at radius 3 is 2.31 bits per heavy atom. The molecule has 0 aromatic heterocycles. The summed E-state index contributed by atoms with van der Waals surface area (Å²) in [6.45, 7) is 4.22. The number of rotatable bonds is 7. The van der Waals surface area contributed by atoms with Gasteiger partial charge in [0.05, 0.1) is 5.60 Å². The maximum Gasteiger partial charge on any atom is 0.0645 e. The van der Waals surface area contributed by atoms with Crippen LogP contribution in [0, 0.1) is 0 Å². The Kier molecular flexibility index (Phi) is 5.54. The molecule has 1 atom stereocenters. The van der Waals surface area contributed by atoms with Gasteiger partial charge in [0.15, 0.2) is 0 Å². The van der Waals surface area contributed by atoms with Crippen molar-refractivity contribution in [3.63, 3.8) is 0 Å². The van der Waals surface area contributed by atoms with E-state index in [1.807, 2.05) is 6.07 Å². The Bertz CT molecular complexity index is 281. The molecule has 0 aliphatic rings. The minimum absolute atomic E-state index is 0.427. The number of hydrogen-bond acceptors (Lipinski definition) is 1. The van der Waals surface area contributed by atoms with Gasteiger partial charge in [-0.05, 0) is 37.7 Å². The highest BCUT2D eigenvalue weighted by molar-refractivity contribution is 5.14. The first kappa shape index (κ1) is 13.2. The summed E-state index contributed by atoms with van der Waals surface area (Å²) >= 11 is 0. The Labute approximate surface area is 99.5 Å². The molecule has 0 heterocycles. The van der Waals surface area contributed by atoms with Crippen molar-refractivity contribution in [3.05, 3.63) is 35.9 Å². The van der Waals surface area contributed by atoms with E-state index < -0.39 is 5.60 Å². The van der Waals surface area contributed by atoms with Gasteiger partial charge in [-0.15, -0.1) is 0 Å². The Hall–Kier alpha value is -0.820. The monoisotopic (exact) mass is 220 g/mol. The SMILES string of the molecule is CCCC(O)(CC)CCCc1ccccc1. The summed E-state index contributed by atoms with van der Waals surface area (Å²) in [5, 5.41) is 10.3. The molecular formula is C15H24O. The topological polar surface area (TPSA) is 20.2 Å². The third-order valence-electron chi connectivity index (χ3n) is 3.32. The molecule has 1 aromatic carbocycles. The van der Waals surface area contributed by atoms with Crippen LogP contribution in [0.3, 0.4) is 0 Å². The molecule has 0 saturated carbocycles. The first-order chi connectivity index (χ1) is 7.70. The zero-order valence-corrected chi connectivity index (χ0v) is 10.6. The molecule has 0 amide bonds. The maximum atomic E-state index is 10.3. The van der Waals surface area contributed by atoms with Gasteiger partial charge in [0.25, 0.3) is 0 Å². The van der Waals surface area contributed by atoms with E-state index in [4.69, 9.17) is 0 Å². The number of aryl methyl sites for hydroxylation is 1. The van der Waals surface area contributed by atoms with Crippen LogP contribution in [-0.4, -0.2) is 10.7 Å². The molecule has 0 fully saturated rings. The molecule has 1 N–H and O–H groups in total. The molecule has 0 bridgehead atoms. The standard InChI is InChI=1S/C15H24O/c1-3-12-15(16,4-2)13-8-11-14-9-6-5-7-10-14/h5-7,9-10,16H,3-4,8,11-13H2,1-2H3. The normalized spacial score (nSPS) is 14.7. The predicted octanol–water partition coefficient (Wildman–Crippen LogP) is 3.95. The Morgan fingerprint density at radius 1 is 1.06 bits per heavy atom. The second-order valence-corrected chi connectivity index (χ2v) is 4.67. The number of benzene rings is 1. The maximum absolute atomic E-state index is 10.3. The van der Waals surface area contributed by atoms with Crippen LogP contribution in [0.2, 0.25) is 0 Å². The first-order valence-corrected chi connectivity index (χ1v) is 6.46. The van der Waals surface area contributed by atoms with E-state index in [1.165, 1.54) is 5.56 Å². The Morgan fingerprint density at radius 2 is 1.75 bits per heavy atom. The van der Waals surface area contributed by atoms with Crippen molar-refractivity contribution in [3.8, 4) is 0 Å². The zero-order valence-electron chi connectivity index (χ0n) is 10.6. The van der Waals surface area contributed by atoms with Crippen LogP contribution in [0.15, 0.2) is 30.3 Å². The lowest BCUT2D eigenvalue weighted by atomic mass is 9.88. The van der Waals surface area contributed by atoms with Gasteiger partial charge in [-0.1, -0.05) is 50.6 Å². The third-order valence-corrected chi connectivity index (χ3v) is 3.32. The molecule has 0 radical (unpaired) electrons. The van der Waals surface area contributed by atoms with Crippen molar-refractivity contribution in [2.75, 3.05) is 0 Å². The van der Waals surface area contributed by atoms with Crippen molar-refractivity contribution in [1.29, 1.82) is 0 Å². The molecular weight excluding hydrogens is 196 g/mol. The minimum Gasteiger partial charge on any atom is -0.390 e. The summed E-state index contributed by atoms with van der Waals surface area (Å²) < 4.78 is 0. The highest BCUT2D eigenvalue weighted by Crippen LogP contribution is 2.24. The quantitative estimate of drug-likeness (QED) is 0.737. The fourth-order valence-electron chi connectivity index (χ4n) is 2.21.